The molecule has 1 aromatic rings. The molecule has 7 heteroatoms. The first-order valence-corrected chi connectivity index (χ1v) is 5.58. The summed E-state index contributed by atoms with van der Waals surface area (Å²) in [6, 6.07) is 4.16. The highest BCUT2D eigenvalue weighted by Gasteiger charge is 2.17. The zero-order valence-corrected chi connectivity index (χ0v) is 11.5. The predicted octanol–water partition coefficient (Wildman–Crippen LogP) is 2.59. The highest BCUT2D eigenvalue weighted by atomic mass is 127. The van der Waals surface area contributed by atoms with E-state index in [1.165, 1.54) is 12.1 Å². The van der Waals surface area contributed by atoms with Gasteiger partial charge in [0, 0.05) is 0 Å². The van der Waals surface area contributed by atoms with Crippen molar-refractivity contribution in [2.75, 3.05) is 1.33 Å². The molecule has 0 unspecified atom stereocenters. The van der Waals surface area contributed by atoms with Crippen LogP contribution in [0.2, 0.25) is 0 Å². The quantitative estimate of drug-likeness (QED) is 0.567. The van der Waals surface area contributed by atoms with Gasteiger partial charge in [-0.05, 0) is 18.2 Å². The lowest BCUT2D eigenvalue weighted by atomic mass is 10.1. The van der Waals surface area contributed by atoms with Crippen molar-refractivity contribution in [1.82, 2.24) is 0 Å². The average molecular weight is 433 g/mol. The van der Waals surface area contributed by atoms with Crippen LogP contribution in [0.15, 0.2) is 18.2 Å². The van der Waals surface area contributed by atoms with Crippen LogP contribution in [0.5, 0.6) is 0 Å². The van der Waals surface area contributed by atoms with Gasteiger partial charge in [0.15, 0.2) is 0 Å². The van der Waals surface area contributed by atoms with Crippen molar-refractivity contribution >= 4 is 63.4 Å². The van der Waals surface area contributed by atoms with Crippen molar-refractivity contribution in [1.29, 1.82) is 0 Å². The van der Waals surface area contributed by atoms with E-state index in [2.05, 4.69) is 0 Å². The Morgan fingerprint density at radius 3 is 2.00 bits per heavy atom. The van der Waals surface area contributed by atoms with E-state index in [0.717, 1.165) is 0 Å². The van der Waals surface area contributed by atoms with E-state index in [4.69, 9.17) is 10.2 Å². The standard InChI is InChI=1S/C8H5I2NO4/c9-11(10)4-1-2-5(7(12)13)6(3-4)8(14)15/h1-3H,(H,12,13)(H,14,15). The van der Waals surface area contributed by atoms with Gasteiger partial charge < -0.3 is 10.2 Å². The molecule has 0 saturated carbocycles. The zero-order valence-electron chi connectivity index (χ0n) is 7.15. The first-order valence-electron chi connectivity index (χ1n) is 3.66. The van der Waals surface area contributed by atoms with Gasteiger partial charge in [-0.25, -0.2) is 9.59 Å². The fourth-order valence-electron chi connectivity index (χ4n) is 1.00. The van der Waals surface area contributed by atoms with Gasteiger partial charge in [0.1, 0.15) is 0 Å². The van der Waals surface area contributed by atoms with Crippen LogP contribution in [0.25, 0.3) is 0 Å². The highest BCUT2D eigenvalue weighted by Crippen LogP contribution is 2.25. The van der Waals surface area contributed by atoms with Crippen molar-refractivity contribution in [2.45, 2.75) is 0 Å². The molecule has 0 aliphatic heterocycles. The maximum absolute atomic E-state index is 10.8. The number of benzene rings is 1. The average Bonchev–Trinajstić information content (AvgIpc) is 2.16. The van der Waals surface area contributed by atoms with Gasteiger partial charge in [0.25, 0.3) is 0 Å². The summed E-state index contributed by atoms with van der Waals surface area (Å²) in [6.07, 6.45) is 0. The Morgan fingerprint density at radius 1 is 1.07 bits per heavy atom. The van der Waals surface area contributed by atoms with Gasteiger partial charge >= 0.3 is 11.9 Å². The summed E-state index contributed by atoms with van der Waals surface area (Å²) >= 11 is 3.91. The van der Waals surface area contributed by atoms with Crippen LogP contribution in [-0.2, 0) is 0 Å². The summed E-state index contributed by atoms with van der Waals surface area (Å²) in [7, 11) is 0. The number of carbonyl (C=O) groups is 2. The van der Waals surface area contributed by atoms with Crippen LogP contribution in [0.4, 0.5) is 5.69 Å². The van der Waals surface area contributed by atoms with E-state index >= 15 is 0 Å². The fourth-order valence-corrected chi connectivity index (χ4v) is 1.60. The SMILES string of the molecule is O=C(O)c1ccc(N(I)I)cc1C(=O)O. The molecule has 15 heavy (non-hydrogen) atoms. The Labute approximate surface area is 113 Å². The first kappa shape index (κ1) is 12.5. The number of aromatic carboxylic acids is 2. The third kappa shape index (κ3) is 2.93. The highest BCUT2D eigenvalue weighted by molar-refractivity contribution is 14.2. The summed E-state index contributed by atoms with van der Waals surface area (Å²) in [6.45, 7) is 0. The lowest BCUT2D eigenvalue weighted by Crippen LogP contribution is -2.08. The molecule has 0 spiro atoms. The number of halogens is 2. The lowest BCUT2D eigenvalue weighted by Gasteiger charge is -2.09. The van der Waals surface area contributed by atoms with E-state index in [9.17, 15) is 9.59 Å². The molecule has 1 rings (SSSR count). The molecule has 0 atom stereocenters. The van der Waals surface area contributed by atoms with Crippen LogP contribution in [0.1, 0.15) is 20.7 Å². The molecule has 0 fully saturated rings. The van der Waals surface area contributed by atoms with Gasteiger partial charge in [-0.1, -0.05) is 0 Å². The molecule has 0 radical (unpaired) electrons. The van der Waals surface area contributed by atoms with Crippen molar-refractivity contribution < 1.29 is 19.8 Å². The second-order valence-electron chi connectivity index (χ2n) is 2.57. The molecule has 0 aliphatic rings. The lowest BCUT2D eigenvalue weighted by molar-refractivity contribution is 0.0651. The molecule has 2 N–H and O–H groups in total. The number of carboxylic acid groups (broad SMARTS) is 2. The van der Waals surface area contributed by atoms with Gasteiger partial charge in [-0.15, -0.1) is 0 Å². The van der Waals surface area contributed by atoms with Crippen LogP contribution < -0.4 is 1.33 Å². The van der Waals surface area contributed by atoms with E-state index in [1.54, 1.807) is 7.39 Å². The molecule has 0 saturated heterocycles. The summed E-state index contributed by atoms with van der Waals surface area (Å²) in [5.41, 5.74) is 0.206. The van der Waals surface area contributed by atoms with E-state index < -0.39 is 11.9 Å². The van der Waals surface area contributed by atoms with Crippen molar-refractivity contribution in [3.63, 3.8) is 0 Å². The molecular formula is C8H5I2NO4. The van der Waals surface area contributed by atoms with Gasteiger partial charge in [-0.2, -0.15) is 0 Å². The number of anilines is 1. The number of rotatable bonds is 3. The van der Waals surface area contributed by atoms with Crippen molar-refractivity contribution in [3.05, 3.63) is 29.3 Å². The normalized spacial score (nSPS) is 9.73. The van der Waals surface area contributed by atoms with Crippen LogP contribution >= 0.6 is 45.7 Å². The van der Waals surface area contributed by atoms with Gasteiger partial charge in [-0.3, -0.25) is 1.33 Å². The number of nitrogens with zero attached hydrogens (tertiary/aromatic N) is 1. The second kappa shape index (κ2) is 4.96. The minimum Gasteiger partial charge on any atom is -0.478 e. The van der Waals surface area contributed by atoms with E-state index in [1.807, 2.05) is 45.7 Å². The zero-order chi connectivity index (χ0) is 11.6. The largest absolute Gasteiger partial charge is 0.478 e. The monoisotopic (exact) mass is 433 g/mol. The Bertz CT molecular complexity index is 419. The third-order valence-electron chi connectivity index (χ3n) is 1.66. The molecule has 0 aliphatic carbocycles. The Morgan fingerprint density at radius 2 is 1.60 bits per heavy atom. The third-order valence-corrected chi connectivity index (χ3v) is 2.77. The van der Waals surface area contributed by atoms with Crippen LogP contribution in [0, 0.1) is 0 Å². The fraction of sp³-hybridized carbons (Fsp3) is 0. The summed E-state index contributed by atoms with van der Waals surface area (Å²) in [5, 5.41) is 17.6. The topological polar surface area (TPSA) is 77.8 Å². The summed E-state index contributed by atoms with van der Waals surface area (Å²) < 4.78 is 1.65. The molecule has 5 nitrogen and oxygen atoms in total. The first-order chi connectivity index (χ1) is 6.93. The molecule has 1 aromatic carbocycles. The van der Waals surface area contributed by atoms with Crippen LogP contribution in [0.3, 0.4) is 0 Å². The molecule has 0 aromatic heterocycles. The second-order valence-corrected chi connectivity index (χ2v) is 6.35. The van der Waals surface area contributed by atoms with Crippen molar-refractivity contribution in [2.24, 2.45) is 0 Å². The number of hydrogen-bond acceptors (Lipinski definition) is 3. The minimum atomic E-state index is -1.25. The molecule has 0 amide bonds. The Balaban J connectivity index is 3.33. The van der Waals surface area contributed by atoms with Gasteiger partial charge in [0.2, 0.25) is 0 Å². The van der Waals surface area contributed by atoms with Crippen molar-refractivity contribution in [3.8, 4) is 0 Å². The predicted molar refractivity (Wildman–Crippen MR) is 70.9 cm³/mol. The summed E-state index contributed by atoms with van der Waals surface area (Å²) in [5.74, 6) is -2.49. The van der Waals surface area contributed by atoms with E-state index in [0.29, 0.717) is 5.69 Å². The van der Waals surface area contributed by atoms with Gasteiger partial charge in [0.05, 0.1) is 62.5 Å². The maximum Gasteiger partial charge on any atom is 0.336 e. The Hall–Kier alpha value is -0.580. The molecular weight excluding hydrogens is 428 g/mol. The molecule has 80 valence electrons. The maximum atomic E-state index is 10.8. The molecule has 0 heterocycles. The number of carboxylic acids is 2. The minimum absolute atomic E-state index is 0.207. The molecule has 0 bridgehead atoms. The summed E-state index contributed by atoms with van der Waals surface area (Å²) in [4.78, 5) is 21.5. The number of hydrogen-bond donors (Lipinski definition) is 2. The van der Waals surface area contributed by atoms with E-state index in [-0.39, 0.29) is 11.1 Å². The Kier molecular flexibility index (Phi) is 4.13. The van der Waals surface area contributed by atoms with Crippen LogP contribution in [-0.4, -0.2) is 22.2 Å². The smallest absolute Gasteiger partial charge is 0.336 e.